The zero-order valence-corrected chi connectivity index (χ0v) is 12.4. The van der Waals surface area contributed by atoms with Crippen molar-refractivity contribution in [3.8, 4) is 6.07 Å². The van der Waals surface area contributed by atoms with Crippen LogP contribution in [-0.2, 0) is 0 Å². The summed E-state index contributed by atoms with van der Waals surface area (Å²) in [5, 5.41) is 8.47. The van der Waals surface area contributed by atoms with Gasteiger partial charge in [0.15, 0.2) is 0 Å². The lowest BCUT2D eigenvalue weighted by atomic mass is 10.2. The van der Waals surface area contributed by atoms with Gasteiger partial charge in [0, 0.05) is 21.6 Å². The molecule has 1 rings (SSSR count). The molecule has 0 aliphatic carbocycles. The summed E-state index contributed by atoms with van der Waals surface area (Å²) in [5.41, 5.74) is 0.662. The minimum Gasteiger partial charge on any atom is -0.341 e. The monoisotopic (exact) mass is 392 g/mol. The van der Waals surface area contributed by atoms with E-state index in [9.17, 15) is 4.79 Å². The number of rotatable bonds is 3. The molecule has 0 spiro atoms. The first-order chi connectivity index (χ1) is 7.56. The largest absolute Gasteiger partial charge is 0.341 e. The maximum atomic E-state index is 12.0. The average Bonchev–Trinajstić information content (AvgIpc) is 2.28. The van der Waals surface area contributed by atoms with Gasteiger partial charge in [-0.15, -0.1) is 0 Å². The predicted octanol–water partition coefficient (Wildman–Crippen LogP) is 3.04. The molecule has 0 unspecified atom stereocenters. The van der Waals surface area contributed by atoms with E-state index in [2.05, 4.69) is 38.5 Å². The molecule has 84 valence electrons. The van der Waals surface area contributed by atoms with Crippen LogP contribution in [0, 0.1) is 14.9 Å². The van der Waals surface area contributed by atoms with Gasteiger partial charge in [0.2, 0.25) is 0 Å². The lowest BCUT2D eigenvalue weighted by molar-refractivity contribution is 0.0797. The van der Waals surface area contributed by atoms with Crippen molar-refractivity contribution in [2.75, 3.05) is 13.6 Å². The van der Waals surface area contributed by atoms with Crippen LogP contribution in [0.2, 0.25) is 0 Å². The molecule has 0 saturated heterocycles. The molecule has 1 amide bonds. The third-order valence-electron chi connectivity index (χ3n) is 2.06. The number of nitriles is 1. The van der Waals surface area contributed by atoms with Crippen molar-refractivity contribution in [1.29, 1.82) is 5.26 Å². The molecule has 0 aliphatic heterocycles. The molecule has 0 aromatic heterocycles. The van der Waals surface area contributed by atoms with Gasteiger partial charge in [-0.1, -0.05) is 15.9 Å². The van der Waals surface area contributed by atoms with E-state index in [0.717, 1.165) is 8.04 Å². The van der Waals surface area contributed by atoms with Crippen molar-refractivity contribution in [2.24, 2.45) is 0 Å². The van der Waals surface area contributed by atoms with Gasteiger partial charge in [-0.2, -0.15) is 5.26 Å². The molecule has 1 aromatic carbocycles. The van der Waals surface area contributed by atoms with Gasteiger partial charge in [0.05, 0.1) is 18.1 Å². The lowest BCUT2D eigenvalue weighted by Gasteiger charge is -2.16. The number of hydrogen-bond donors (Lipinski definition) is 0. The molecule has 0 atom stereocenters. The summed E-state index contributed by atoms with van der Waals surface area (Å²) in [6.07, 6.45) is 0.354. The lowest BCUT2D eigenvalue weighted by Crippen LogP contribution is -2.28. The second-order valence-electron chi connectivity index (χ2n) is 3.26. The fourth-order valence-electron chi connectivity index (χ4n) is 1.19. The number of carbonyl (C=O) groups is 1. The van der Waals surface area contributed by atoms with Crippen molar-refractivity contribution in [1.82, 2.24) is 4.90 Å². The number of halogens is 2. The minimum absolute atomic E-state index is 0.0547. The standard InChI is InChI=1S/C11H10BrIN2O/c1-15(6-2-5-14)11(16)9-7-8(12)3-4-10(9)13/h3-4,7H,2,6H2,1H3. The third kappa shape index (κ3) is 3.46. The van der Waals surface area contributed by atoms with Crippen molar-refractivity contribution >= 4 is 44.4 Å². The van der Waals surface area contributed by atoms with Crippen LogP contribution in [0.1, 0.15) is 16.8 Å². The van der Waals surface area contributed by atoms with Crippen molar-refractivity contribution in [3.05, 3.63) is 31.8 Å². The van der Waals surface area contributed by atoms with Crippen LogP contribution in [0.3, 0.4) is 0 Å². The summed E-state index contributed by atoms with van der Waals surface area (Å²) >= 11 is 5.47. The SMILES string of the molecule is CN(CCC#N)C(=O)c1cc(Br)ccc1I. The Morgan fingerprint density at radius 2 is 2.31 bits per heavy atom. The Kier molecular flexibility index (Phi) is 5.22. The molecule has 0 heterocycles. The predicted molar refractivity (Wildman–Crippen MR) is 74.0 cm³/mol. The summed E-state index contributed by atoms with van der Waals surface area (Å²) in [7, 11) is 1.71. The normalized spacial score (nSPS) is 9.62. The zero-order valence-electron chi connectivity index (χ0n) is 8.70. The van der Waals surface area contributed by atoms with Crippen LogP contribution in [0.25, 0.3) is 0 Å². The maximum Gasteiger partial charge on any atom is 0.254 e. The highest BCUT2D eigenvalue weighted by molar-refractivity contribution is 14.1. The molecule has 5 heteroatoms. The molecule has 0 saturated carbocycles. The summed E-state index contributed by atoms with van der Waals surface area (Å²) < 4.78 is 1.79. The Bertz CT molecular complexity index is 442. The fraction of sp³-hybridized carbons (Fsp3) is 0.273. The zero-order chi connectivity index (χ0) is 12.1. The van der Waals surface area contributed by atoms with Gasteiger partial charge in [0.25, 0.3) is 5.91 Å². The van der Waals surface area contributed by atoms with Crippen molar-refractivity contribution in [3.63, 3.8) is 0 Å². The van der Waals surface area contributed by atoms with E-state index in [1.807, 2.05) is 18.2 Å². The molecule has 0 bridgehead atoms. The first-order valence-electron chi connectivity index (χ1n) is 4.63. The topological polar surface area (TPSA) is 44.1 Å². The van der Waals surface area contributed by atoms with E-state index in [0.29, 0.717) is 18.5 Å². The highest BCUT2D eigenvalue weighted by Gasteiger charge is 2.14. The van der Waals surface area contributed by atoms with Crippen molar-refractivity contribution < 1.29 is 4.79 Å². The molecule has 16 heavy (non-hydrogen) atoms. The number of carbonyl (C=O) groups excluding carboxylic acids is 1. The van der Waals surface area contributed by atoms with Crippen LogP contribution in [-0.4, -0.2) is 24.4 Å². The number of amides is 1. The first kappa shape index (κ1) is 13.5. The Hall–Kier alpha value is -0.610. The smallest absolute Gasteiger partial charge is 0.254 e. The Morgan fingerprint density at radius 1 is 1.62 bits per heavy atom. The highest BCUT2D eigenvalue weighted by Crippen LogP contribution is 2.19. The Balaban J connectivity index is 2.88. The molecule has 1 aromatic rings. The summed E-state index contributed by atoms with van der Waals surface area (Å²) in [5.74, 6) is -0.0547. The molecule has 0 fully saturated rings. The Morgan fingerprint density at radius 3 is 2.94 bits per heavy atom. The Labute approximate surface area is 117 Å². The van der Waals surface area contributed by atoms with Crippen LogP contribution in [0.5, 0.6) is 0 Å². The van der Waals surface area contributed by atoms with E-state index in [4.69, 9.17) is 5.26 Å². The quantitative estimate of drug-likeness (QED) is 0.742. The maximum absolute atomic E-state index is 12.0. The van der Waals surface area contributed by atoms with Gasteiger partial charge < -0.3 is 4.90 Å². The van der Waals surface area contributed by atoms with Gasteiger partial charge in [-0.25, -0.2) is 0 Å². The third-order valence-corrected chi connectivity index (χ3v) is 3.50. The molecule has 0 aliphatic rings. The fourth-order valence-corrected chi connectivity index (χ4v) is 2.11. The van der Waals surface area contributed by atoms with E-state index >= 15 is 0 Å². The minimum atomic E-state index is -0.0547. The van der Waals surface area contributed by atoms with E-state index in [1.165, 1.54) is 0 Å². The number of nitrogens with zero attached hydrogens (tertiary/aromatic N) is 2. The summed E-state index contributed by atoms with van der Waals surface area (Å²) in [6.45, 7) is 0.456. The van der Waals surface area contributed by atoms with E-state index in [1.54, 1.807) is 18.0 Å². The molecular weight excluding hydrogens is 383 g/mol. The van der Waals surface area contributed by atoms with Crippen LogP contribution < -0.4 is 0 Å². The van der Waals surface area contributed by atoms with Gasteiger partial charge >= 0.3 is 0 Å². The first-order valence-corrected chi connectivity index (χ1v) is 6.51. The second kappa shape index (κ2) is 6.21. The van der Waals surface area contributed by atoms with Gasteiger partial charge in [-0.3, -0.25) is 4.79 Å². The molecular formula is C11H10BrIN2O. The van der Waals surface area contributed by atoms with Crippen LogP contribution >= 0.6 is 38.5 Å². The number of hydrogen-bond acceptors (Lipinski definition) is 2. The van der Waals surface area contributed by atoms with Gasteiger partial charge in [-0.05, 0) is 40.8 Å². The van der Waals surface area contributed by atoms with Crippen LogP contribution in [0.15, 0.2) is 22.7 Å². The van der Waals surface area contributed by atoms with E-state index in [-0.39, 0.29) is 5.91 Å². The molecule has 3 nitrogen and oxygen atoms in total. The van der Waals surface area contributed by atoms with E-state index < -0.39 is 0 Å². The number of benzene rings is 1. The van der Waals surface area contributed by atoms with Gasteiger partial charge in [0.1, 0.15) is 0 Å². The second-order valence-corrected chi connectivity index (χ2v) is 5.34. The molecule has 0 radical (unpaired) electrons. The van der Waals surface area contributed by atoms with Crippen molar-refractivity contribution in [2.45, 2.75) is 6.42 Å². The molecule has 0 N–H and O–H groups in total. The average molecular weight is 393 g/mol. The summed E-state index contributed by atoms with van der Waals surface area (Å²) in [6, 6.07) is 7.61. The summed E-state index contributed by atoms with van der Waals surface area (Å²) in [4.78, 5) is 13.6. The highest BCUT2D eigenvalue weighted by atomic mass is 127. The van der Waals surface area contributed by atoms with Crippen LogP contribution in [0.4, 0.5) is 0 Å².